The van der Waals surface area contributed by atoms with Crippen LogP contribution in [0.5, 0.6) is 0 Å². The zero-order chi connectivity index (χ0) is 11.0. The number of aliphatic hydroxyl groups excluding tert-OH is 1. The Hall–Kier alpha value is -0.420. The fourth-order valence-electron chi connectivity index (χ4n) is 0.730. The van der Waals surface area contributed by atoms with E-state index in [4.69, 9.17) is 9.84 Å². The molecule has 0 aliphatic heterocycles. The van der Waals surface area contributed by atoms with E-state index in [0.29, 0.717) is 24.7 Å². The van der Waals surface area contributed by atoms with E-state index < -0.39 is 16.8 Å². The molecule has 0 spiro atoms. The summed E-state index contributed by atoms with van der Waals surface area (Å²) >= 11 is 0. The van der Waals surface area contributed by atoms with Gasteiger partial charge in [-0.3, -0.25) is 9.00 Å². The van der Waals surface area contributed by atoms with Crippen molar-refractivity contribution in [1.82, 2.24) is 0 Å². The van der Waals surface area contributed by atoms with Gasteiger partial charge in [0.2, 0.25) is 0 Å². The number of rotatable bonds is 7. The Bertz CT molecular complexity index is 191. The number of carbonyl (C=O) groups is 1. The van der Waals surface area contributed by atoms with E-state index in [1.165, 1.54) is 0 Å². The summed E-state index contributed by atoms with van der Waals surface area (Å²) in [7, 11) is -1.20. The molecule has 0 saturated heterocycles. The smallest absolute Gasteiger partial charge is 0.318 e. The van der Waals surface area contributed by atoms with Crippen LogP contribution >= 0.6 is 0 Å². The fourth-order valence-corrected chi connectivity index (χ4v) is 1.67. The van der Waals surface area contributed by atoms with Crippen molar-refractivity contribution in [3.8, 4) is 0 Å². The van der Waals surface area contributed by atoms with Crippen LogP contribution in [-0.4, -0.2) is 40.0 Å². The van der Waals surface area contributed by atoms with Crippen molar-refractivity contribution in [3.63, 3.8) is 0 Å². The first-order valence-corrected chi connectivity index (χ1v) is 6.16. The second-order valence-corrected chi connectivity index (χ2v) is 5.02. The summed E-state index contributed by atoms with van der Waals surface area (Å²) < 4.78 is 16.0. The SMILES string of the molecule is CC(C)COC(=O)CS(=O)CCCO. The molecule has 0 aliphatic rings. The van der Waals surface area contributed by atoms with Crippen LogP contribution < -0.4 is 0 Å². The van der Waals surface area contributed by atoms with Crippen LogP contribution in [0.1, 0.15) is 20.3 Å². The summed E-state index contributed by atoms with van der Waals surface area (Å²) in [5.41, 5.74) is 0. The molecule has 0 heterocycles. The Morgan fingerprint density at radius 3 is 2.64 bits per heavy atom. The molecule has 0 amide bonds. The number of hydrogen-bond acceptors (Lipinski definition) is 4. The summed E-state index contributed by atoms with van der Waals surface area (Å²) in [6.07, 6.45) is 0.462. The second-order valence-electron chi connectivity index (χ2n) is 3.44. The minimum absolute atomic E-state index is 0.00673. The topological polar surface area (TPSA) is 63.6 Å². The number of hydrogen-bond donors (Lipinski definition) is 1. The molecule has 0 aromatic carbocycles. The van der Waals surface area contributed by atoms with Gasteiger partial charge in [0.25, 0.3) is 0 Å². The Morgan fingerprint density at radius 1 is 1.50 bits per heavy atom. The maximum absolute atomic E-state index is 11.2. The third kappa shape index (κ3) is 8.19. The molecule has 1 unspecified atom stereocenters. The third-order valence-corrected chi connectivity index (χ3v) is 2.69. The van der Waals surface area contributed by atoms with Gasteiger partial charge in [-0.1, -0.05) is 13.8 Å². The summed E-state index contributed by atoms with van der Waals surface area (Å²) in [5, 5.41) is 8.47. The standard InChI is InChI=1S/C9H18O4S/c1-8(2)6-13-9(11)7-14(12)5-3-4-10/h8,10H,3-7H2,1-2H3. The molecule has 0 radical (unpaired) electrons. The van der Waals surface area contributed by atoms with Crippen molar-refractivity contribution in [3.05, 3.63) is 0 Å². The second kappa shape index (κ2) is 7.94. The first kappa shape index (κ1) is 13.6. The van der Waals surface area contributed by atoms with Gasteiger partial charge in [0.1, 0.15) is 5.75 Å². The molecule has 4 nitrogen and oxygen atoms in total. The predicted octanol–water partition coefficient (Wildman–Crippen LogP) is 0.317. The summed E-state index contributed by atoms with van der Waals surface area (Å²) in [5.74, 6) is 0.166. The molecule has 0 fully saturated rings. The van der Waals surface area contributed by atoms with Crippen LogP contribution in [0.15, 0.2) is 0 Å². The van der Waals surface area contributed by atoms with Crippen molar-refractivity contribution in [1.29, 1.82) is 0 Å². The Labute approximate surface area is 87.1 Å². The van der Waals surface area contributed by atoms with E-state index in [-0.39, 0.29) is 12.4 Å². The summed E-state index contributed by atoms with van der Waals surface area (Å²) in [4.78, 5) is 11.0. The third-order valence-electron chi connectivity index (χ3n) is 1.39. The summed E-state index contributed by atoms with van der Waals surface area (Å²) in [6, 6.07) is 0. The molecule has 0 aliphatic carbocycles. The number of carbonyl (C=O) groups excluding carboxylic acids is 1. The fraction of sp³-hybridized carbons (Fsp3) is 0.889. The van der Waals surface area contributed by atoms with Crippen LogP contribution in [0.3, 0.4) is 0 Å². The van der Waals surface area contributed by atoms with Crippen LogP contribution in [0, 0.1) is 5.92 Å². The highest BCUT2D eigenvalue weighted by Crippen LogP contribution is 1.95. The average molecular weight is 222 g/mol. The molecular weight excluding hydrogens is 204 g/mol. The van der Waals surface area contributed by atoms with Gasteiger partial charge >= 0.3 is 5.97 Å². The van der Waals surface area contributed by atoms with Gasteiger partial charge in [-0.15, -0.1) is 0 Å². The predicted molar refractivity (Wildman–Crippen MR) is 55.4 cm³/mol. The minimum atomic E-state index is -1.20. The van der Waals surface area contributed by atoms with Gasteiger partial charge in [0, 0.05) is 23.2 Å². The lowest BCUT2D eigenvalue weighted by Crippen LogP contribution is -2.18. The van der Waals surface area contributed by atoms with E-state index in [9.17, 15) is 9.00 Å². The van der Waals surface area contributed by atoms with Crippen molar-refractivity contribution in [2.24, 2.45) is 5.92 Å². The Balaban J connectivity index is 3.55. The van der Waals surface area contributed by atoms with E-state index in [1.54, 1.807) is 0 Å². The molecule has 14 heavy (non-hydrogen) atoms. The van der Waals surface area contributed by atoms with Gasteiger partial charge in [-0.25, -0.2) is 0 Å². The molecule has 1 N–H and O–H groups in total. The first-order chi connectivity index (χ1) is 6.56. The lowest BCUT2D eigenvalue weighted by Gasteiger charge is -2.06. The lowest BCUT2D eigenvalue weighted by molar-refractivity contribution is -0.141. The highest BCUT2D eigenvalue weighted by Gasteiger charge is 2.09. The highest BCUT2D eigenvalue weighted by molar-refractivity contribution is 7.85. The van der Waals surface area contributed by atoms with E-state index in [2.05, 4.69) is 0 Å². The Morgan fingerprint density at radius 2 is 2.14 bits per heavy atom. The molecule has 0 rings (SSSR count). The van der Waals surface area contributed by atoms with Gasteiger partial charge < -0.3 is 9.84 Å². The van der Waals surface area contributed by atoms with Crippen molar-refractivity contribution in [2.75, 3.05) is 24.7 Å². The maximum Gasteiger partial charge on any atom is 0.318 e. The Kier molecular flexibility index (Phi) is 7.70. The number of aliphatic hydroxyl groups is 1. The van der Waals surface area contributed by atoms with Gasteiger partial charge in [-0.2, -0.15) is 0 Å². The number of esters is 1. The van der Waals surface area contributed by atoms with E-state index in [1.807, 2.05) is 13.8 Å². The monoisotopic (exact) mass is 222 g/mol. The zero-order valence-electron chi connectivity index (χ0n) is 8.69. The van der Waals surface area contributed by atoms with Gasteiger partial charge in [0.15, 0.2) is 0 Å². The molecule has 0 saturated carbocycles. The number of ether oxygens (including phenoxy) is 1. The summed E-state index contributed by atoms with van der Waals surface area (Å²) in [6.45, 7) is 4.26. The molecule has 1 atom stereocenters. The zero-order valence-corrected chi connectivity index (χ0v) is 9.51. The van der Waals surface area contributed by atoms with Crippen molar-refractivity contribution in [2.45, 2.75) is 20.3 Å². The molecular formula is C9H18O4S. The molecule has 0 aromatic heterocycles. The highest BCUT2D eigenvalue weighted by atomic mass is 32.2. The maximum atomic E-state index is 11.2. The van der Waals surface area contributed by atoms with E-state index >= 15 is 0 Å². The largest absolute Gasteiger partial charge is 0.465 e. The molecule has 84 valence electrons. The van der Waals surface area contributed by atoms with Gasteiger partial charge in [-0.05, 0) is 12.3 Å². The van der Waals surface area contributed by atoms with Crippen LogP contribution in [0.25, 0.3) is 0 Å². The quantitative estimate of drug-likeness (QED) is 0.630. The van der Waals surface area contributed by atoms with E-state index in [0.717, 1.165) is 0 Å². The first-order valence-electron chi connectivity index (χ1n) is 4.67. The van der Waals surface area contributed by atoms with Crippen molar-refractivity contribution >= 4 is 16.8 Å². The van der Waals surface area contributed by atoms with Crippen LogP contribution in [-0.2, 0) is 20.3 Å². The minimum Gasteiger partial charge on any atom is -0.465 e. The molecule has 0 bridgehead atoms. The van der Waals surface area contributed by atoms with Crippen molar-refractivity contribution < 1.29 is 18.8 Å². The molecule has 5 heteroatoms. The van der Waals surface area contributed by atoms with Gasteiger partial charge in [0.05, 0.1) is 6.61 Å². The van der Waals surface area contributed by atoms with Crippen LogP contribution in [0.4, 0.5) is 0 Å². The van der Waals surface area contributed by atoms with Crippen LogP contribution in [0.2, 0.25) is 0 Å². The lowest BCUT2D eigenvalue weighted by atomic mass is 10.2. The average Bonchev–Trinajstić information content (AvgIpc) is 2.11. The normalized spacial score (nSPS) is 12.9. The molecule has 0 aromatic rings.